The number of thiocarbonyl (C=S) groups is 1. The van der Waals surface area contributed by atoms with Crippen LogP contribution in [0.4, 0.5) is 0 Å². The van der Waals surface area contributed by atoms with Crippen molar-refractivity contribution in [1.82, 2.24) is 20.9 Å². The lowest BCUT2D eigenvalue weighted by molar-refractivity contribution is -0.108. The van der Waals surface area contributed by atoms with E-state index < -0.39 is 30.8 Å². The number of rotatable bonds is 2. The van der Waals surface area contributed by atoms with Gasteiger partial charge in [0.05, 0.1) is 30.5 Å². The summed E-state index contributed by atoms with van der Waals surface area (Å²) in [6, 6.07) is -0.147. The molecule has 21 heavy (non-hydrogen) atoms. The van der Waals surface area contributed by atoms with Crippen molar-refractivity contribution in [3.8, 4) is 0 Å². The predicted molar refractivity (Wildman–Crippen MR) is 75.6 cm³/mol. The molecule has 10 N–H and O–H groups in total. The Morgan fingerprint density at radius 3 is 2.71 bits per heavy atom. The number of nitrogens with zero attached hydrogens (tertiary/aromatic N) is 1. The molecule has 0 aromatic carbocycles. The van der Waals surface area contributed by atoms with Crippen molar-refractivity contribution in [2.45, 2.75) is 43.0 Å². The first-order chi connectivity index (χ1) is 9.52. The molecule has 7 atom stereocenters. The molecule has 11 heteroatoms. The van der Waals surface area contributed by atoms with E-state index in [1.165, 1.54) is 0 Å². The predicted octanol–water partition coefficient (Wildman–Crippen LogP) is -5.08. The van der Waals surface area contributed by atoms with Crippen LogP contribution >= 0.6 is 12.2 Å². The van der Waals surface area contributed by atoms with Crippen LogP contribution < -0.4 is 21.7 Å². The van der Waals surface area contributed by atoms with E-state index in [4.69, 9.17) is 27.8 Å². The molecule has 0 radical (unpaired) electrons. The highest BCUT2D eigenvalue weighted by Gasteiger charge is 2.51. The maximum Gasteiger partial charge on any atom is 0.142 e. The van der Waals surface area contributed by atoms with Gasteiger partial charge in [-0.2, -0.15) is 0 Å². The summed E-state index contributed by atoms with van der Waals surface area (Å²) in [5.74, 6) is 0. The zero-order chi connectivity index (χ0) is 14.4. The summed E-state index contributed by atoms with van der Waals surface area (Å²) in [5, 5.41) is 38.3. The number of nitrogens with two attached hydrogens (primary N) is 1. The van der Waals surface area contributed by atoms with Gasteiger partial charge in [-0.25, -0.2) is 4.90 Å². The fourth-order valence-electron chi connectivity index (χ4n) is 2.90. The highest BCUT2D eigenvalue weighted by molar-refractivity contribution is 7.80. The minimum absolute atomic E-state index is 0. The first-order valence-corrected chi connectivity index (χ1v) is 6.87. The van der Waals surface area contributed by atoms with Crippen molar-refractivity contribution in [3.63, 3.8) is 0 Å². The second-order valence-electron chi connectivity index (χ2n) is 5.18. The van der Waals surface area contributed by atoms with Gasteiger partial charge in [0, 0.05) is 0 Å². The Hall–Kier alpha value is -0.470. The van der Waals surface area contributed by atoms with Gasteiger partial charge in [0.25, 0.3) is 0 Å². The van der Waals surface area contributed by atoms with Gasteiger partial charge in [-0.05, 0) is 0 Å². The second kappa shape index (κ2) is 6.34. The van der Waals surface area contributed by atoms with Gasteiger partial charge in [-0.3, -0.25) is 16.4 Å². The Kier molecular flexibility index (Phi) is 5.10. The van der Waals surface area contributed by atoms with E-state index in [1.807, 2.05) is 0 Å². The Labute approximate surface area is 126 Å². The molecule has 3 unspecified atom stereocenters. The van der Waals surface area contributed by atoms with Crippen LogP contribution in [0.25, 0.3) is 0 Å². The normalized spacial score (nSPS) is 46.9. The van der Waals surface area contributed by atoms with Gasteiger partial charge < -0.3 is 30.8 Å². The van der Waals surface area contributed by atoms with E-state index in [2.05, 4.69) is 16.0 Å². The van der Waals surface area contributed by atoms with Crippen LogP contribution in [-0.2, 0) is 4.74 Å². The van der Waals surface area contributed by atoms with E-state index in [9.17, 15) is 10.2 Å². The van der Waals surface area contributed by atoms with Crippen LogP contribution in [0.5, 0.6) is 0 Å². The molecule has 3 rings (SSSR count). The number of hydrogen-bond acceptors (Lipinski definition) is 9. The molecular weight excluding hydrogens is 302 g/mol. The smallest absolute Gasteiger partial charge is 0.142 e. The van der Waals surface area contributed by atoms with Gasteiger partial charge in [0.2, 0.25) is 0 Å². The highest BCUT2D eigenvalue weighted by atomic mass is 32.1. The number of aliphatic hydroxyl groups excluding tert-OH is 3. The molecule has 3 aliphatic rings. The monoisotopic (exact) mass is 323 g/mol. The summed E-state index contributed by atoms with van der Waals surface area (Å²) in [4.78, 5) is 2.40. The average molecular weight is 323 g/mol. The van der Waals surface area contributed by atoms with E-state index >= 15 is 0 Å². The molecule has 0 bridgehead atoms. The molecule has 0 aromatic heterocycles. The molecule has 0 saturated carbocycles. The molecule has 0 spiro atoms. The summed E-state index contributed by atoms with van der Waals surface area (Å²) in [6.07, 6.45) is -4.48. The van der Waals surface area contributed by atoms with Crippen molar-refractivity contribution in [1.29, 1.82) is 0 Å². The molecule has 3 fully saturated rings. The fourth-order valence-corrected chi connectivity index (χ4v) is 3.24. The second-order valence-corrected chi connectivity index (χ2v) is 5.62. The Bertz CT molecular complexity index is 404. The topological polar surface area (TPSA) is 167 Å². The molecule has 122 valence electrons. The van der Waals surface area contributed by atoms with Crippen LogP contribution in [0.15, 0.2) is 0 Å². The first-order valence-electron chi connectivity index (χ1n) is 6.46. The van der Waals surface area contributed by atoms with Crippen molar-refractivity contribution < 1.29 is 25.5 Å². The van der Waals surface area contributed by atoms with E-state index in [-0.39, 0.29) is 24.3 Å². The van der Waals surface area contributed by atoms with Crippen LogP contribution in [0.3, 0.4) is 0 Å². The Morgan fingerprint density at radius 1 is 1.38 bits per heavy atom. The Morgan fingerprint density at radius 2 is 2.10 bits per heavy atom. The number of nitrogens with one attached hydrogen (secondary N) is 3. The van der Waals surface area contributed by atoms with E-state index in [0.29, 0.717) is 11.7 Å². The Balaban J connectivity index is 0.00000161. The highest BCUT2D eigenvalue weighted by Crippen LogP contribution is 2.28. The SMILES string of the molecule is NC1NC(=S)C2NCN([C@@H]3O[C@H](CO)[C@@H](O)[C@H]3O)C2N1.O. The van der Waals surface area contributed by atoms with E-state index in [0.717, 1.165) is 0 Å². The lowest BCUT2D eigenvalue weighted by Gasteiger charge is -2.39. The third kappa shape index (κ3) is 2.77. The van der Waals surface area contributed by atoms with Crippen LogP contribution in [0.2, 0.25) is 0 Å². The molecule has 3 saturated heterocycles. The van der Waals surface area contributed by atoms with Crippen molar-refractivity contribution in [2.24, 2.45) is 5.73 Å². The van der Waals surface area contributed by atoms with Gasteiger partial charge >= 0.3 is 0 Å². The van der Waals surface area contributed by atoms with Gasteiger partial charge in [0.15, 0.2) is 0 Å². The lowest BCUT2D eigenvalue weighted by Crippen LogP contribution is -2.70. The standard InChI is InChI=1S/C10H19N5O4S.H2O/c11-10-13-7-4(8(20)14-10)12-2-15(7)9-6(18)5(17)3(1-16)19-9;/h3-7,9-10,12-13,16-18H,1-2,11H2,(H,14,20);1H2/t3-,4?,5-,6-,7?,9-,10?;/m1./s1. The summed E-state index contributed by atoms with van der Waals surface area (Å²) < 4.78 is 5.53. The van der Waals surface area contributed by atoms with Crippen LogP contribution in [0.1, 0.15) is 0 Å². The maximum atomic E-state index is 10.1. The molecule has 0 aromatic rings. The first kappa shape index (κ1) is 16.9. The van der Waals surface area contributed by atoms with Gasteiger partial charge in [-0.1, -0.05) is 12.2 Å². The van der Waals surface area contributed by atoms with Crippen molar-refractivity contribution in [3.05, 3.63) is 0 Å². The van der Waals surface area contributed by atoms with Gasteiger partial charge in [-0.15, -0.1) is 0 Å². The summed E-state index contributed by atoms with van der Waals surface area (Å²) in [7, 11) is 0. The molecular formula is C10H21N5O5S. The van der Waals surface area contributed by atoms with Crippen LogP contribution in [0, 0.1) is 0 Å². The zero-order valence-corrected chi connectivity index (χ0v) is 12.0. The third-order valence-corrected chi connectivity index (χ3v) is 4.31. The number of aliphatic hydroxyl groups is 3. The minimum Gasteiger partial charge on any atom is -0.412 e. The quantitative estimate of drug-likeness (QED) is 0.244. The van der Waals surface area contributed by atoms with E-state index in [1.54, 1.807) is 4.90 Å². The molecule has 3 aliphatic heterocycles. The summed E-state index contributed by atoms with van der Waals surface area (Å²) in [5.41, 5.74) is 5.80. The molecule has 0 amide bonds. The summed E-state index contributed by atoms with van der Waals surface area (Å²) in [6.45, 7) is 0.0699. The van der Waals surface area contributed by atoms with Crippen LogP contribution in [-0.4, -0.2) is 87.0 Å². The lowest BCUT2D eigenvalue weighted by atomic mass is 10.1. The number of hydrogen-bond donors (Lipinski definition) is 7. The van der Waals surface area contributed by atoms with Crippen molar-refractivity contribution >= 4 is 17.2 Å². The average Bonchev–Trinajstić information content (AvgIpc) is 2.93. The zero-order valence-electron chi connectivity index (χ0n) is 11.1. The number of ether oxygens (including phenoxy) is 1. The molecule has 10 nitrogen and oxygen atoms in total. The summed E-state index contributed by atoms with van der Waals surface area (Å²) >= 11 is 5.23. The molecule has 3 heterocycles. The maximum absolute atomic E-state index is 10.1. The minimum atomic E-state index is -1.12. The molecule has 0 aliphatic carbocycles. The fraction of sp³-hybridized carbons (Fsp3) is 0.900. The number of fused-ring (bicyclic) bond motifs is 1. The third-order valence-electron chi connectivity index (χ3n) is 3.94. The van der Waals surface area contributed by atoms with Crippen molar-refractivity contribution in [2.75, 3.05) is 13.3 Å². The largest absolute Gasteiger partial charge is 0.412 e. The van der Waals surface area contributed by atoms with Gasteiger partial charge in [0.1, 0.15) is 30.8 Å².